The molecule has 2 aromatic rings. The van der Waals surface area contributed by atoms with Crippen molar-refractivity contribution in [2.45, 2.75) is 43.2 Å². The van der Waals surface area contributed by atoms with Gasteiger partial charge in [0.25, 0.3) is 0 Å². The van der Waals surface area contributed by atoms with E-state index < -0.39 is 48.8 Å². The van der Waals surface area contributed by atoms with Gasteiger partial charge in [-0.15, -0.1) is 0 Å². The maximum atomic E-state index is 13.8. The number of halogens is 2. The van der Waals surface area contributed by atoms with Crippen molar-refractivity contribution in [1.82, 2.24) is 0 Å². The van der Waals surface area contributed by atoms with Gasteiger partial charge in [-0.1, -0.05) is 24.4 Å². The van der Waals surface area contributed by atoms with Gasteiger partial charge in [-0.05, 0) is 48.4 Å². The van der Waals surface area contributed by atoms with Crippen LogP contribution in [0.1, 0.15) is 63.4 Å². The minimum atomic E-state index is -3.11. The molecule has 2 aliphatic carbocycles. The molecular weight excluding hydrogens is 514 g/mol. The van der Waals surface area contributed by atoms with E-state index in [9.17, 15) is 38.5 Å². The molecule has 4 aliphatic rings. The largest absolute Gasteiger partial charge is 1.00 e. The molecule has 9 nitrogen and oxygen atoms in total. The van der Waals surface area contributed by atoms with E-state index in [-0.39, 0.29) is 100 Å². The number of hydrogen-bond acceptors (Lipinski definition) is 9. The number of rotatable bonds is 3. The maximum Gasteiger partial charge on any atom is 1.00 e. The minimum absolute atomic E-state index is 0. The quantitative estimate of drug-likeness (QED) is 0.261. The van der Waals surface area contributed by atoms with Gasteiger partial charge in [0.15, 0.2) is 0 Å². The Morgan fingerprint density at radius 3 is 2.24 bits per heavy atom. The molecule has 37 heavy (non-hydrogen) atoms. The average molecular weight is 534 g/mol. The first-order valence-electron chi connectivity index (χ1n) is 11.2. The van der Waals surface area contributed by atoms with Gasteiger partial charge < -0.3 is 39.0 Å². The first kappa shape index (κ1) is 30.4. The third-order valence-electron chi connectivity index (χ3n) is 6.89. The van der Waals surface area contributed by atoms with Gasteiger partial charge >= 0.3 is 79.0 Å². The summed E-state index contributed by atoms with van der Waals surface area (Å²) in [5.41, 5.74) is 0.326. The zero-order valence-corrected chi connectivity index (χ0v) is 24.4. The van der Waals surface area contributed by atoms with Gasteiger partial charge in [-0.25, -0.2) is 13.6 Å². The van der Waals surface area contributed by atoms with Crippen molar-refractivity contribution in [3.8, 4) is 11.5 Å². The summed E-state index contributed by atoms with van der Waals surface area (Å²) in [6.45, 7) is -1.29. The predicted molar refractivity (Wildman–Crippen MR) is 115 cm³/mol. The number of benzene rings is 2. The summed E-state index contributed by atoms with van der Waals surface area (Å²) in [5.74, 6) is -4.71. The number of ether oxygens (including phenoxy) is 1. The predicted octanol–water partition coefficient (Wildman–Crippen LogP) is -4.90. The van der Waals surface area contributed by atoms with Crippen LogP contribution in [0.2, 0.25) is 11.6 Å². The van der Waals surface area contributed by atoms with Crippen molar-refractivity contribution in [2.24, 2.45) is 0 Å². The Kier molecular flexibility index (Phi) is 9.16. The van der Waals surface area contributed by atoms with Crippen LogP contribution < -0.4 is 73.5 Å². The second kappa shape index (κ2) is 11.1. The van der Waals surface area contributed by atoms with E-state index in [1.807, 2.05) is 0 Å². The molecule has 4 atom stereocenters. The molecule has 0 spiro atoms. The fraction of sp³-hybridized carbons (Fsp3) is 0.364. The number of carbonyl (C=O) groups excluding carboxylic acids is 2. The summed E-state index contributed by atoms with van der Waals surface area (Å²) >= 11 is 0. The Morgan fingerprint density at radius 2 is 1.65 bits per heavy atom. The average Bonchev–Trinajstić information content (AvgIpc) is 3.66. The normalized spacial score (nSPS) is 24.3. The molecule has 3 N–H and O–H groups in total. The van der Waals surface area contributed by atoms with E-state index in [0.717, 1.165) is 18.1 Å². The van der Waals surface area contributed by atoms with Gasteiger partial charge in [-0.2, -0.15) is 0 Å². The van der Waals surface area contributed by atoms with Crippen molar-refractivity contribution in [2.75, 3.05) is 6.61 Å². The van der Waals surface area contributed by atoms with E-state index >= 15 is 0 Å². The zero-order valence-electron chi connectivity index (χ0n) is 20.4. The molecule has 0 amide bonds. The number of aromatic carboxylic acids is 1. The second-order valence-electron chi connectivity index (χ2n) is 9.09. The third-order valence-corrected chi connectivity index (χ3v) is 6.89. The van der Waals surface area contributed by atoms with Gasteiger partial charge in [-0.3, -0.25) is 0 Å². The smallest absolute Gasteiger partial charge is 0.669 e. The molecule has 2 heterocycles. The number of carbonyl (C=O) groups is 2. The van der Waals surface area contributed by atoms with Gasteiger partial charge in [0, 0.05) is 5.82 Å². The summed E-state index contributed by atoms with van der Waals surface area (Å²) < 4.78 is 42.1. The first-order chi connectivity index (χ1) is 16.5. The van der Waals surface area contributed by atoms with Crippen molar-refractivity contribution in [3.05, 3.63) is 58.2 Å². The zero-order chi connectivity index (χ0) is 25.2. The van der Waals surface area contributed by atoms with E-state index in [1.54, 1.807) is 13.0 Å². The summed E-state index contributed by atoms with van der Waals surface area (Å²) in [7, 11) is -0.961. The molecule has 0 saturated heterocycles. The van der Waals surface area contributed by atoms with Crippen molar-refractivity contribution in [1.29, 1.82) is 0 Å². The van der Waals surface area contributed by atoms with Crippen LogP contribution in [0.4, 0.5) is 8.78 Å². The van der Waals surface area contributed by atoms with Crippen molar-refractivity contribution in [3.63, 3.8) is 0 Å². The van der Waals surface area contributed by atoms with Crippen LogP contribution in [0.15, 0.2) is 24.3 Å². The SMILES string of the molecule is CCOC(=O)c1c(F)ccc2c1OB(O)[C@@H]1C[C@H]21.O=C([O-])c1c(F)ccc2c1O[B-](O)(O)[C@@H]1C[C@H]21.[Na+].[Na+]. The Bertz CT molecular complexity index is 1250. The number of fused-ring (bicyclic) bond motifs is 6. The maximum absolute atomic E-state index is 13.8. The number of hydrogen-bond donors (Lipinski definition) is 3. The Hall–Kier alpha value is -1.15. The third kappa shape index (κ3) is 5.48. The summed E-state index contributed by atoms with van der Waals surface area (Å²) in [6.07, 6.45) is 1.31. The van der Waals surface area contributed by atoms with Crippen LogP contribution in [-0.4, -0.2) is 47.5 Å². The van der Waals surface area contributed by atoms with Crippen molar-refractivity contribution >= 4 is 25.8 Å². The van der Waals surface area contributed by atoms with Crippen LogP contribution >= 0.6 is 0 Å². The van der Waals surface area contributed by atoms with Gasteiger partial charge in [0.2, 0.25) is 0 Å². The number of carboxylic acids is 1. The van der Waals surface area contributed by atoms with Crippen LogP contribution in [0.5, 0.6) is 11.5 Å². The fourth-order valence-electron chi connectivity index (χ4n) is 4.98. The molecule has 6 rings (SSSR count). The molecule has 0 bridgehead atoms. The monoisotopic (exact) mass is 534 g/mol. The van der Waals surface area contributed by atoms with Gasteiger partial charge in [0.05, 0.1) is 23.9 Å². The molecule has 15 heteroatoms. The van der Waals surface area contributed by atoms with Crippen LogP contribution in [0.3, 0.4) is 0 Å². The fourth-order valence-corrected chi connectivity index (χ4v) is 4.98. The van der Waals surface area contributed by atoms with Crippen molar-refractivity contribution < 1.29 is 112 Å². The van der Waals surface area contributed by atoms with E-state index in [4.69, 9.17) is 14.0 Å². The topological polar surface area (TPSA) is 146 Å². The number of esters is 1. The molecule has 2 fully saturated rings. The molecule has 0 aromatic heterocycles. The number of carboxylic acid groups (broad SMARTS) is 1. The van der Waals surface area contributed by atoms with Crippen LogP contribution in [0, 0.1) is 11.6 Å². The second-order valence-corrected chi connectivity index (χ2v) is 9.09. The molecule has 0 unspecified atom stereocenters. The molecule has 0 radical (unpaired) electrons. The molecule has 2 saturated carbocycles. The van der Waals surface area contributed by atoms with E-state index in [1.165, 1.54) is 12.1 Å². The van der Waals surface area contributed by atoms with E-state index in [2.05, 4.69) is 0 Å². The summed E-state index contributed by atoms with van der Waals surface area (Å²) in [5, 5.41) is 39.7. The molecular formula is C22H20B2F2Na2O9. The minimum Gasteiger partial charge on any atom is -0.669 e. The Morgan fingerprint density at radius 1 is 1.05 bits per heavy atom. The molecule has 2 aliphatic heterocycles. The molecule has 2 aromatic carbocycles. The molecule has 184 valence electrons. The van der Waals surface area contributed by atoms with Gasteiger partial charge in [0.1, 0.15) is 22.9 Å². The standard InChI is InChI=1S/C12H12BFO4.C10H9BFO5.2Na/c1-2-17-12(15)10-9(14)4-3-6-7-5-8(7)13(16)18-11(6)10;12-7-2-1-4-5-3-6(5)11(15,16)17-9(4)8(7)10(13)14;;/h3-4,7-8,16H,2,5H2,1H3;1-2,5-6,15-16H,3H2,(H,13,14);;/q;-1;2*+1/p-1/t7-,8-;5-,6-;;/m11../s1. The summed E-state index contributed by atoms with van der Waals surface area (Å²) in [4.78, 5) is 22.6. The van der Waals surface area contributed by atoms with Crippen LogP contribution in [0.25, 0.3) is 0 Å². The Balaban J connectivity index is 0.000000195. The first-order valence-corrected chi connectivity index (χ1v) is 11.2. The van der Waals surface area contributed by atoms with E-state index in [0.29, 0.717) is 12.0 Å². The Labute approximate surface area is 255 Å². The van der Waals surface area contributed by atoms with Crippen LogP contribution in [-0.2, 0) is 4.74 Å². The summed E-state index contributed by atoms with van der Waals surface area (Å²) in [6, 6.07) is 5.30.